The van der Waals surface area contributed by atoms with Crippen LogP contribution >= 0.6 is 0 Å². The summed E-state index contributed by atoms with van der Waals surface area (Å²) in [6, 6.07) is 11.4. The van der Waals surface area contributed by atoms with Gasteiger partial charge in [-0.1, -0.05) is 25.1 Å². The number of benzene rings is 2. The van der Waals surface area contributed by atoms with Crippen LogP contribution in [0.4, 0.5) is 0 Å². The highest BCUT2D eigenvalue weighted by Crippen LogP contribution is 2.33. The Hall–Kier alpha value is -2.38. The summed E-state index contributed by atoms with van der Waals surface area (Å²) in [6.07, 6.45) is 0. The van der Waals surface area contributed by atoms with Crippen molar-refractivity contribution in [3.63, 3.8) is 0 Å². The molecule has 0 aliphatic carbocycles. The Bertz CT molecular complexity index is 890. The Morgan fingerprint density at radius 3 is 2.40 bits per heavy atom. The van der Waals surface area contributed by atoms with Gasteiger partial charge in [-0.05, 0) is 36.8 Å². The van der Waals surface area contributed by atoms with E-state index in [0.717, 1.165) is 5.56 Å². The molecular weight excluding hydrogens is 342 g/mol. The van der Waals surface area contributed by atoms with Crippen molar-refractivity contribution < 1.29 is 22.7 Å². The van der Waals surface area contributed by atoms with Crippen LogP contribution in [0.3, 0.4) is 0 Å². The van der Waals surface area contributed by atoms with E-state index < -0.39 is 10.0 Å². The highest BCUT2D eigenvalue weighted by atomic mass is 32.2. The summed E-state index contributed by atoms with van der Waals surface area (Å²) >= 11 is 0. The van der Waals surface area contributed by atoms with E-state index in [2.05, 4.69) is 0 Å². The van der Waals surface area contributed by atoms with Crippen molar-refractivity contribution in [3.05, 3.63) is 53.6 Å². The van der Waals surface area contributed by atoms with Gasteiger partial charge in [-0.2, -0.15) is 4.31 Å². The Balaban J connectivity index is 1.84. The van der Waals surface area contributed by atoms with Crippen LogP contribution in [0.15, 0.2) is 47.4 Å². The van der Waals surface area contributed by atoms with Gasteiger partial charge in [-0.3, -0.25) is 4.79 Å². The molecule has 7 heteroatoms. The van der Waals surface area contributed by atoms with Gasteiger partial charge in [0.05, 0.1) is 4.90 Å². The molecule has 0 fully saturated rings. The third-order valence-corrected chi connectivity index (χ3v) is 5.98. The summed E-state index contributed by atoms with van der Waals surface area (Å²) in [4.78, 5) is 11.5. The van der Waals surface area contributed by atoms with E-state index in [1.807, 2.05) is 6.07 Å². The average molecular weight is 361 g/mol. The van der Waals surface area contributed by atoms with Gasteiger partial charge in [-0.15, -0.1) is 0 Å². The van der Waals surface area contributed by atoms with E-state index in [9.17, 15) is 13.2 Å². The standard InChI is InChI=1S/C18H19NO5S/c1-3-19(11-14-4-9-17-18(10-14)24-12-23-17)25(21,22)16-7-5-15(6-8-16)13(2)20/h4-10H,3,11-12H2,1-2H3. The van der Waals surface area contributed by atoms with Gasteiger partial charge in [0.25, 0.3) is 0 Å². The summed E-state index contributed by atoms with van der Waals surface area (Å²) < 4.78 is 37.7. The average Bonchev–Trinajstić information content (AvgIpc) is 3.07. The highest BCUT2D eigenvalue weighted by molar-refractivity contribution is 7.89. The van der Waals surface area contributed by atoms with Gasteiger partial charge in [0, 0.05) is 18.7 Å². The molecule has 3 rings (SSSR count). The zero-order valence-corrected chi connectivity index (χ0v) is 14.9. The molecule has 25 heavy (non-hydrogen) atoms. The first-order chi connectivity index (χ1) is 11.9. The second-order valence-corrected chi connectivity index (χ2v) is 7.64. The van der Waals surface area contributed by atoms with E-state index in [1.165, 1.54) is 35.5 Å². The Labute approximate surface area is 147 Å². The molecule has 0 atom stereocenters. The van der Waals surface area contributed by atoms with Gasteiger partial charge in [0.15, 0.2) is 17.3 Å². The smallest absolute Gasteiger partial charge is 0.243 e. The number of ketones is 1. The van der Waals surface area contributed by atoms with E-state index in [1.54, 1.807) is 19.1 Å². The van der Waals surface area contributed by atoms with E-state index >= 15 is 0 Å². The number of carbonyl (C=O) groups is 1. The minimum Gasteiger partial charge on any atom is -0.454 e. The lowest BCUT2D eigenvalue weighted by Crippen LogP contribution is -2.30. The molecule has 1 aliphatic heterocycles. The van der Waals surface area contributed by atoms with Gasteiger partial charge < -0.3 is 9.47 Å². The highest BCUT2D eigenvalue weighted by Gasteiger charge is 2.24. The fourth-order valence-electron chi connectivity index (χ4n) is 2.62. The first-order valence-corrected chi connectivity index (χ1v) is 9.35. The predicted molar refractivity (Wildman–Crippen MR) is 92.3 cm³/mol. The largest absolute Gasteiger partial charge is 0.454 e. The van der Waals surface area contributed by atoms with Crippen molar-refractivity contribution in [3.8, 4) is 11.5 Å². The van der Waals surface area contributed by atoms with Crippen LogP contribution in [0, 0.1) is 0 Å². The number of hydrogen-bond acceptors (Lipinski definition) is 5. The summed E-state index contributed by atoms with van der Waals surface area (Å²) in [7, 11) is -3.66. The Kier molecular flexibility index (Phi) is 4.78. The van der Waals surface area contributed by atoms with Gasteiger partial charge in [0.2, 0.25) is 16.8 Å². The number of ether oxygens (including phenoxy) is 2. The zero-order valence-electron chi connectivity index (χ0n) is 14.1. The maximum absolute atomic E-state index is 12.9. The maximum Gasteiger partial charge on any atom is 0.243 e. The van der Waals surface area contributed by atoms with Crippen LogP contribution in [0.25, 0.3) is 0 Å². The molecule has 0 bridgehead atoms. The molecule has 2 aromatic rings. The van der Waals surface area contributed by atoms with E-state index in [4.69, 9.17) is 9.47 Å². The fraction of sp³-hybridized carbons (Fsp3) is 0.278. The topological polar surface area (TPSA) is 72.9 Å². The number of hydrogen-bond donors (Lipinski definition) is 0. The zero-order chi connectivity index (χ0) is 18.0. The molecule has 6 nitrogen and oxygen atoms in total. The van der Waals surface area contributed by atoms with Crippen LogP contribution in [0.2, 0.25) is 0 Å². The number of fused-ring (bicyclic) bond motifs is 1. The molecule has 0 aromatic heterocycles. The summed E-state index contributed by atoms with van der Waals surface area (Å²) in [5, 5.41) is 0. The van der Waals surface area contributed by atoms with Crippen LogP contribution in [0.1, 0.15) is 29.8 Å². The summed E-state index contributed by atoms with van der Waals surface area (Å²) in [6.45, 7) is 3.96. The minimum atomic E-state index is -3.66. The van der Waals surface area contributed by atoms with Crippen LogP contribution in [0.5, 0.6) is 11.5 Å². The molecule has 0 saturated carbocycles. The number of rotatable bonds is 6. The second-order valence-electron chi connectivity index (χ2n) is 5.70. The minimum absolute atomic E-state index is 0.100. The molecule has 132 valence electrons. The Morgan fingerprint density at radius 1 is 1.08 bits per heavy atom. The number of sulfonamides is 1. The fourth-order valence-corrected chi connectivity index (χ4v) is 4.06. The lowest BCUT2D eigenvalue weighted by Gasteiger charge is -2.21. The molecule has 0 spiro atoms. The number of carbonyl (C=O) groups excluding carboxylic acids is 1. The molecule has 2 aromatic carbocycles. The summed E-state index contributed by atoms with van der Waals surface area (Å²) in [5.74, 6) is 1.18. The third-order valence-electron chi connectivity index (χ3n) is 4.05. The van der Waals surface area contributed by atoms with E-state index in [0.29, 0.717) is 23.6 Å². The monoisotopic (exact) mass is 361 g/mol. The van der Waals surface area contributed by atoms with Crippen molar-refractivity contribution in [1.29, 1.82) is 0 Å². The normalized spacial score (nSPS) is 13.2. The maximum atomic E-state index is 12.9. The van der Waals surface area contributed by atoms with Crippen LogP contribution in [-0.4, -0.2) is 31.8 Å². The summed E-state index contributed by atoms with van der Waals surface area (Å²) in [5.41, 5.74) is 1.30. The van der Waals surface area contributed by atoms with Crippen LogP contribution < -0.4 is 9.47 Å². The lowest BCUT2D eigenvalue weighted by molar-refractivity contribution is 0.101. The quantitative estimate of drug-likeness (QED) is 0.740. The molecule has 1 aliphatic rings. The van der Waals surface area contributed by atoms with Crippen molar-refractivity contribution >= 4 is 15.8 Å². The first kappa shape index (κ1) is 17.4. The van der Waals surface area contributed by atoms with Gasteiger partial charge in [0.1, 0.15) is 0 Å². The van der Waals surface area contributed by atoms with Crippen molar-refractivity contribution in [2.45, 2.75) is 25.3 Å². The lowest BCUT2D eigenvalue weighted by atomic mass is 10.2. The molecular formula is C18H19NO5S. The van der Waals surface area contributed by atoms with Gasteiger partial charge in [-0.25, -0.2) is 8.42 Å². The van der Waals surface area contributed by atoms with E-state index in [-0.39, 0.29) is 24.0 Å². The SMILES string of the molecule is CCN(Cc1ccc2c(c1)OCO2)S(=O)(=O)c1ccc(C(C)=O)cc1. The number of nitrogens with zero attached hydrogens (tertiary/aromatic N) is 1. The molecule has 0 saturated heterocycles. The predicted octanol–water partition coefficient (Wildman–Crippen LogP) is 2.83. The molecule has 0 N–H and O–H groups in total. The molecule has 0 unspecified atom stereocenters. The molecule has 1 heterocycles. The van der Waals surface area contributed by atoms with Crippen molar-refractivity contribution in [2.75, 3.05) is 13.3 Å². The Morgan fingerprint density at radius 2 is 1.76 bits per heavy atom. The number of Topliss-reactive ketones (excluding diaryl/α,β-unsaturated/α-hetero) is 1. The van der Waals surface area contributed by atoms with Crippen LogP contribution in [-0.2, 0) is 16.6 Å². The van der Waals surface area contributed by atoms with Gasteiger partial charge >= 0.3 is 0 Å². The van der Waals surface area contributed by atoms with Crippen molar-refractivity contribution in [2.24, 2.45) is 0 Å². The molecule has 0 amide bonds. The first-order valence-electron chi connectivity index (χ1n) is 7.91. The molecule has 0 radical (unpaired) electrons. The third kappa shape index (κ3) is 3.52. The second kappa shape index (κ2) is 6.85. The van der Waals surface area contributed by atoms with Crippen molar-refractivity contribution in [1.82, 2.24) is 4.31 Å².